The summed E-state index contributed by atoms with van der Waals surface area (Å²) in [5.41, 5.74) is 13.2. The van der Waals surface area contributed by atoms with Crippen molar-refractivity contribution in [2.24, 2.45) is 0 Å². The summed E-state index contributed by atoms with van der Waals surface area (Å²) in [7, 11) is 4.21. The van der Waals surface area contributed by atoms with Gasteiger partial charge in [-0.2, -0.15) is 0 Å². The Balaban J connectivity index is 0.000000149. The molecule has 11 aromatic rings. The molecule has 0 atom stereocenters. The van der Waals surface area contributed by atoms with Crippen LogP contribution in [0.25, 0.3) is 67.0 Å². The molecule has 0 aliphatic rings. The molecule has 0 fully saturated rings. The van der Waals surface area contributed by atoms with Crippen molar-refractivity contribution in [3.05, 3.63) is 231 Å². The molecule has 298 valence electrons. The lowest BCUT2D eigenvalue weighted by atomic mass is 10.1. The van der Waals surface area contributed by atoms with Crippen molar-refractivity contribution in [1.82, 2.24) is 19.1 Å². The van der Waals surface area contributed by atoms with Crippen molar-refractivity contribution in [2.45, 2.75) is 0 Å². The average Bonchev–Trinajstić information content (AvgIpc) is 3.94. The number of anilines is 4. The highest BCUT2D eigenvalue weighted by Crippen LogP contribution is 2.35. The second kappa shape index (κ2) is 16.8. The summed E-state index contributed by atoms with van der Waals surface area (Å²) in [4.78, 5) is 14.4. The van der Waals surface area contributed by atoms with E-state index < -0.39 is 0 Å². The van der Waals surface area contributed by atoms with Crippen molar-refractivity contribution in [3.63, 3.8) is 0 Å². The summed E-state index contributed by atoms with van der Waals surface area (Å²) in [6.45, 7) is 0. The molecular weight excluding hydrogens is 757 g/mol. The van der Waals surface area contributed by atoms with Crippen molar-refractivity contribution >= 4 is 55.6 Å². The SMILES string of the molecule is CN(c1ccc(-c2nc3ccccc3n2-c2ccccc2)cc1)c1cccc2ccccc12.CN(c1ccccc1)c1ccc(-c2nc3ccccc3n2-c2ccccc2)cc1. The minimum absolute atomic E-state index is 0.946. The third-order valence-electron chi connectivity index (χ3n) is 11.4. The topological polar surface area (TPSA) is 42.1 Å². The molecule has 2 heterocycles. The van der Waals surface area contributed by atoms with Crippen molar-refractivity contribution in [2.75, 3.05) is 23.9 Å². The van der Waals surface area contributed by atoms with E-state index in [0.717, 1.165) is 73.3 Å². The number of fused-ring (bicyclic) bond motifs is 3. The summed E-state index contributed by atoms with van der Waals surface area (Å²) in [6.07, 6.45) is 0. The van der Waals surface area contributed by atoms with E-state index >= 15 is 0 Å². The normalized spacial score (nSPS) is 11.1. The molecule has 0 saturated carbocycles. The quantitative estimate of drug-likeness (QED) is 0.153. The first-order chi connectivity index (χ1) is 30.6. The molecule has 0 saturated heterocycles. The monoisotopic (exact) mass is 800 g/mol. The van der Waals surface area contributed by atoms with E-state index in [4.69, 9.17) is 9.97 Å². The first kappa shape index (κ1) is 38.0. The van der Waals surface area contributed by atoms with Gasteiger partial charge in [0.05, 0.1) is 22.1 Å². The van der Waals surface area contributed by atoms with Gasteiger partial charge in [0.15, 0.2) is 0 Å². The van der Waals surface area contributed by atoms with Gasteiger partial charge in [0.2, 0.25) is 0 Å². The predicted octanol–water partition coefficient (Wildman–Crippen LogP) is 14.1. The van der Waals surface area contributed by atoms with Crippen LogP contribution in [0.3, 0.4) is 0 Å². The summed E-state index contributed by atoms with van der Waals surface area (Å²) >= 11 is 0. The van der Waals surface area contributed by atoms with E-state index in [9.17, 15) is 0 Å². The average molecular weight is 801 g/mol. The van der Waals surface area contributed by atoms with E-state index in [1.807, 2.05) is 30.3 Å². The molecule has 0 bridgehead atoms. The fourth-order valence-electron chi connectivity index (χ4n) is 8.22. The third kappa shape index (κ3) is 7.35. The first-order valence-corrected chi connectivity index (χ1v) is 20.9. The fraction of sp³-hybridized carbons (Fsp3) is 0.0357. The van der Waals surface area contributed by atoms with Crippen LogP contribution in [0.5, 0.6) is 0 Å². The summed E-state index contributed by atoms with van der Waals surface area (Å²) in [5.74, 6) is 1.90. The van der Waals surface area contributed by atoms with Gasteiger partial charge in [0.25, 0.3) is 0 Å². The van der Waals surface area contributed by atoms with Crippen LogP contribution in [0.1, 0.15) is 0 Å². The smallest absolute Gasteiger partial charge is 0.145 e. The van der Waals surface area contributed by atoms with Gasteiger partial charge in [-0.1, -0.05) is 115 Å². The Morgan fingerprint density at radius 1 is 0.339 bits per heavy atom. The van der Waals surface area contributed by atoms with Crippen LogP contribution in [0.15, 0.2) is 231 Å². The van der Waals surface area contributed by atoms with Gasteiger partial charge in [-0.05, 0) is 121 Å². The molecule has 11 rings (SSSR count). The number of aromatic nitrogens is 4. The third-order valence-corrected chi connectivity index (χ3v) is 11.4. The highest BCUT2D eigenvalue weighted by molar-refractivity contribution is 5.96. The molecule has 0 aliphatic heterocycles. The van der Waals surface area contributed by atoms with Gasteiger partial charge in [-0.15, -0.1) is 0 Å². The largest absolute Gasteiger partial charge is 0.345 e. The van der Waals surface area contributed by atoms with Crippen molar-refractivity contribution in [3.8, 4) is 34.2 Å². The highest BCUT2D eigenvalue weighted by atomic mass is 15.1. The van der Waals surface area contributed by atoms with Crippen LogP contribution < -0.4 is 9.80 Å². The molecule has 62 heavy (non-hydrogen) atoms. The Bertz CT molecular complexity index is 3240. The minimum Gasteiger partial charge on any atom is -0.345 e. The summed E-state index contributed by atoms with van der Waals surface area (Å²) in [5, 5.41) is 2.49. The number of nitrogens with zero attached hydrogens (tertiary/aromatic N) is 6. The van der Waals surface area contributed by atoms with Gasteiger partial charge in [0.1, 0.15) is 11.6 Å². The van der Waals surface area contributed by atoms with Crippen LogP contribution in [0, 0.1) is 0 Å². The summed E-state index contributed by atoms with van der Waals surface area (Å²) in [6, 6.07) is 80.0. The molecule has 0 N–H and O–H groups in total. The van der Waals surface area contributed by atoms with Gasteiger partial charge < -0.3 is 9.80 Å². The maximum absolute atomic E-state index is 4.98. The lowest BCUT2D eigenvalue weighted by Gasteiger charge is -2.22. The van der Waals surface area contributed by atoms with Crippen LogP contribution in [-0.2, 0) is 0 Å². The molecule has 2 aromatic heterocycles. The number of hydrogen-bond acceptors (Lipinski definition) is 4. The van der Waals surface area contributed by atoms with E-state index in [0.29, 0.717) is 0 Å². The van der Waals surface area contributed by atoms with Crippen LogP contribution >= 0.6 is 0 Å². The molecule has 0 unspecified atom stereocenters. The summed E-state index contributed by atoms with van der Waals surface area (Å²) < 4.78 is 4.46. The second-order valence-corrected chi connectivity index (χ2v) is 15.2. The maximum atomic E-state index is 4.98. The lowest BCUT2D eigenvalue weighted by Crippen LogP contribution is -2.09. The Labute approximate surface area is 361 Å². The van der Waals surface area contributed by atoms with E-state index in [1.54, 1.807) is 0 Å². The highest BCUT2D eigenvalue weighted by Gasteiger charge is 2.17. The van der Waals surface area contributed by atoms with E-state index in [2.05, 4.69) is 233 Å². The fourth-order valence-corrected chi connectivity index (χ4v) is 8.22. The molecule has 0 radical (unpaired) electrons. The Morgan fingerprint density at radius 2 is 0.742 bits per heavy atom. The Morgan fingerprint density at radius 3 is 1.27 bits per heavy atom. The number of para-hydroxylation sites is 7. The van der Waals surface area contributed by atoms with Gasteiger partial charge in [-0.25, -0.2) is 9.97 Å². The zero-order valence-electron chi connectivity index (χ0n) is 34.6. The molecule has 9 aromatic carbocycles. The molecule has 6 nitrogen and oxygen atoms in total. The number of rotatable bonds is 8. The van der Waals surface area contributed by atoms with Gasteiger partial charge >= 0.3 is 0 Å². The number of benzene rings is 9. The van der Waals surface area contributed by atoms with Gasteiger partial charge in [0, 0.05) is 64.7 Å². The van der Waals surface area contributed by atoms with Crippen LogP contribution in [-0.4, -0.2) is 33.2 Å². The molecule has 0 aliphatic carbocycles. The Kier molecular flexibility index (Phi) is 10.3. The standard InChI is InChI=1S/C30H23N3.C26H21N3/c1-32(28-17-9-11-22-10-5-6-14-26(22)28)24-20-18-23(19-21-24)30-31-27-15-7-8-16-29(27)33(30)25-12-3-2-4-13-25;1-28(21-10-4-2-5-11-21)22-18-16-20(17-19-22)26-27-24-14-8-9-15-25(24)29(26)23-12-6-3-7-13-23/h2-21H,1H3;2-19H,1H3. The maximum Gasteiger partial charge on any atom is 0.145 e. The van der Waals surface area contributed by atoms with Crippen LogP contribution in [0.2, 0.25) is 0 Å². The lowest BCUT2D eigenvalue weighted by molar-refractivity contribution is 1.10. The number of imidazole rings is 2. The van der Waals surface area contributed by atoms with Gasteiger partial charge in [-0.3, -0.25) is 9.13 Å². The zero-order chi connectivity index (χ0) is 41.8. The van der Waals surface area contributed by atoms with E-state index in [-0.39, 0.29) is 0 Å². The van der Waals surface area contributed by atoms with Crippen molar-refractivity contribution in [1.29, 1.82) is 0 Å². The first-order valence-electron chi connectivity index (χ1n) is 20.9. The minimum atomic E-state index is 0.946. The van der Waals surface area contributed by atoms with Crippen LogP contribution in [0.4, 0.5) is 22.7 Å². The molecule has 0 spiro atoms. The molecule has 6 heteroatoms. The second-order valence-electron chi connectivity index (χ2n) is 15.2. The van der Waals surface area contributed by atoms with E-state index in [1.165, 1.54) is 16.5 Å². The predicted molar refractivity (Wildman–Crippen MR) is 260 cm³/mol. The van der Waals surface area contributed by atoms with Crippen molar-refractivity contribution < 1.29 is 0 Å². The Hall–Kier alpha value is -8.22. The molecule has 0 amide bonds. The zero-order valence-corrected chi connectivity index (χ0v) is 34.6. The molecular formula is C56H44N6. The number of hydrogen-bond donors (Lipinski definition) is 0.